The summed E-state index contributed by atoms with van der Waals surface area (Å²) in [5.74, 6) is -0.883. The van der Waals surface area contributed by atoms with E-state index >= 15 is 0 Å². The normalized spacial score (nSPS) is 11.3. The number of benzene rings is 1. The number of hydrogen-bond donors (Lipinski definition) is 2. The minimum atomic E-state index is -3.49. The maximum Gasteiger partial charge on any atom is 0.221 e. The van der Waals surface area contributed by atoms with Crippen LogP contribution in [0.3, 0.4) is 0 Å². The first-order valence-electron chi connectivity index (χ1n) is 4.11. The Bertz CT molecular complexity index is 493. The molecule has 1 amide bonds. The Morgan fingerprint density at radius 2 is 2.07 bits per heavy atom. The van der Waals surface area contributed by atoms with Gasteiger partial charge in [-0.25, -0.2) is 8.42 Å². The molecule has 0 atom stereocenters. The molecule has 1 aromatic rings. The standard InChI is InChI=1S/C9H11NO4S/c1-15(13,14)8-4-6(5-9(10)12)2-3-7(8)11/h2-4,11H,5H2,1H3,(H2,10,12). The molecule has 15 heavy (non-hydrogen) atoms. The second-order valence-corrected chi connectivity index (χ2v) is 5.20. The van der Waals surface area contributed by atoms with Crippen molar-refractivity contribution in [1.29, 1.82) is 0 Å². The van der Waals surface area contributed by atoms with E-state index in [2.05, 4.69) is 0 Å². The van der Waals surface area contributed by atoms with Gasteiger partial charge in [-0.15, -0.1) is 0 Å². The average molecular weight is 229 g/mol. The molecule has 0 aliphatic rings. The van der Waals surface area contributed by atoms with Gasteiger partial charge in [-0.2, -0.15) is 0 Å². The van der Waals surface area contributed by atoms with Gasteiger partial charge in [0.1, 0.15) is 10.6 Å². The molecule has 0 bridgehead atoms. The Kier molecular flexibility index (Phi) is 2.99. The Labute approximate surface area is 87.4 Å². The zero-order chi connectivity index (χ0) is 11.6. The topological polar surface area (TPSA) is 97.5 Å². The second-order valence-electron chi connectivity index (χ2n) is 3.22. The van der Waals surface area contributed by atoms with E-state index in [1.807, 2.05) is 0 Å². The van der Waals surface area contributed by atoms with Gasteiger partial charge in [0.05, 0.1) is 6.42 Å². The summed E-state index contributed by atoms with van der Waals surface area (Å²) < 4.78 is 22.4. The van der Waals surface area contributed by atoms with Gasteiger partial charge in [-0.3, -0.25) is 4.79 Å². The van der Waals surface area contributed by atoms with Crippen LogP contribution < -0.4 is 5.73 Å². The second kappa shape index (κ2) is 3.90. The molecule has 3 N–H and O–H groups in total. The number of nitrogens with two attached hydrogens (primary N) is 1. The summed E-state index contributed by atoms with van der Waals surface area (Å²) in [6.07, 6.45) is 0.929. The molecule has 1 rings (SSSR count). The highest BCUT2D eigenvalue weighted by Gasteiger charge is 2.14. The van der Waals surface area contributed by atoms with Crippen molar-refractivity contribution in [2.75, 3.05) is 6.26 Å². The molecule has 0 radical (unpaired) electrons. The summed E-state index contributed by atoms with van der Waals surface area (Å²) in [4.78, 5) is 10.4. The summed E-state index contributed by atoms with van der Waals surface area (Å²) >= 11 is 0. The number of carbonyl (C=O) groups excluding carboxylic acids is 1. The van der Waals surface area contributed by atoms with Gasteiger partial charge in [0.25, 0.3) is 0 Å². The van der Waals surface area contributed by atoms with Crippen molar-refractivity contribution < 1.29 is 18.3 Å². The maximum absolute atomic E-state index is 11.2. The lowest BCUT2D eigenvalue weighted by atomic mass is 10.1. The van der Waals surface area contributed by atoms with E-state index in [-0.39, 0.29) is 17.1 Å². The van der Waals surface area contributed by atoms with Crippen LogP contribution in [-0.4, -0.2) is 25.7 Å². The highest BCUT2D eigenvalue weighted by molar-refractivity contribution is 7.90. The van der Waals surface area contributed by atoms with Crippen molar-refractivity contribution in [3.63, 3.8) is 0 Å². The van der Waals surface area contributed by atoms with E-state index in [1.54, 1.807) is 0 Å². The lowest BCUT2D eigenvalue weighted by Crippen LogP contribution is -2.14. The molecule has 0 fully saturated rings. The van der Waals surface area contributed by atoms with Gasteiger partial charge in [-0.1, -0.05) is 6.07 Å². The average Bonchev–Trinajstić information content (AvgIpc) is 2.05. The molecule has 0 aromatic heterocycles. The van der Waals surface area contributed by atoms with Crippen LogP contribution >= 0.6 is 0 Å². The van der Waals surface area contributed by atoms with Crippen LogP contribution in [0.15, 0.2) is 23.1 Å². The molecule has 0 saturated heterocycles. The molecule has 5 nitrogen and oxygen atoms in total. The molecule has 0 aliphatic heterocycles. The van der Waals surface area contributed by atoms with Gasteiger partial charge in [0, 0.05) is 6.26 Å². The summed E-state index contributed by atoms with van der Waals surface area (Å²) in [6.45, 7) is 0. The van der Waals surface area contributed by atoms with E-state index in [9.17, 15) is 18.3 Å². The maximum atomic E-state index is 11.2. The van der Waals surface area contributed by atoms with Gasteiger partial charge in [0.15, 0.2) is 9.84 Å². The number of phenols is 1. The van der Waals surface area contributed by atoms with Crippen LogP contribution in [0.4, 0.5) is 0 Å². The Balaban J connectivity index is 3.23. The summed E-state index contributed by atoms with van der Waals surface area (Å²) in [5.41, 5.74) is 5.43. The minimum Gasteiger partial charge on any atom is -0.507 e. The van der Waals surface area contributed by atoms with Gasteiger partial charge in [0.2, 0.25) is 5.91 Å². The van der Waals surface area contributed by atoms with Crippen LogP contribution in [0.25, 0.3) is 0 Å². The fourth-order valence-corrected chi connectivity index (χ4v) is 1.98. The molecule has 82 valence electrons. The summed E-state index contributed by atoms with van der Waals surface area (Å²) in [5, 5.41) is 9.31. The number of carbonyl (C=O) groups is 1. The third-order valence-corrected chi connectivity index (χ3v) is 2.93. The van der Waals surface area contributed by atoms with Gasteiger partial charge >= 0.3 is 0 Å². The zero-order valence-corrected chi connectivity index (χ0v) is 8.91. The van der Waals surface area contributed by atoms with Crippen LogP contribution in [0.2, 0.25) is 0 Å². The SMILES string of the molecule is CS(=O)(=O)c1cc(CC(N)=O)ccc1O. The minimum absolute atomic E-state index is 0.0528. The first kappa shape index (κ1) is 11.5. The van der Waals surface area contributed by atoms with E-state index in [0.29, 0.717) is 5.56 Å². The van der Waals surface area contributed by atoms with Crippen molar-refractivity contribution in [2.45, 2.75) is 11.3 Å². The van der Waals surface area contributed by atoms with Crippen molar-refractivity contribution >= 4 is 15.7 Å². The molecule has 6 heteroatoms. The van der Waals surface area contributed by atoms with Crippen molar-refractivity contribution in [3.8, 4) is 5.75 Å². The van der Waals surface area contributed by atoms with Gasteiger partial charge in [-0.05, 0) is 17.7 Å². The van der Waals surface area contributed by atoms with E-state index in [0.717, 1.165) is 6.26 Å². The predicted octanol–water partition coefficient (Wildman–Crippen LogP) is -0.177. The number of sulfone groups is 1. The number of rotatable bonds is 3. The largest absolute Gasteiger partial charge is 0.507 e. The number of hydrogen-bond acceptors (Lipinski definition) is 4. The number of aromatic hydroxyl groups is 1. The Morgan fingerprint density at radius 1 is 1.47 bits per heavy atom. The van der Waals surface area contributed by atoms with Crippen LogP contribution in [0.5, 0.6) is 5.75 Å². The van der Waals surface area contributed by atoms with Gasteiger partial charge < -0.3 is 10.8 Å². The molecule has 0 aliphatic carbocycles. The molecular formula is C9H11NO4S. The summed E-state index contributed by atoms with van der Waals surface area (Å²) in [6, 6.07) is 3.93. The highest BCUT2D eigenvalue weighted by atomic mass is 32.2. The third-order valence-electron chi connectivity index (χ3n) is 1.80. The first-order valence-corrected chi connectivity index (χ1v) is 6.00. The van der Waals surface area contributed by atoms with Crippen LogP contribution in [-0.2, 0) is 21.1 Å². The fraction of sp³-hybridized carbons (Fsp3) is 0.222. The molecular weight excluding hydrogens is 218 g/mol. The number of phenolic OH excluding ortho intramolecular Hbond substituents is 1. The molecule has 0 unspecified atom stereocenters. The van der Waals surface area contributed by atoms with Crippen molar-refractivity contribution in [3.05, 3.63) is 23.8 Å². The smallest absolute Gasteiger partial charge is 0.221 e. The van der Waals surface area contributed by atoms with E-state index in [1.165, 1.54) is 18.2 Å². The van der Waals surface area contributed by atoms with Crippen LogP contribution in [0.1, 0.15) is 5.56 Å². The predicted molar refractivity (Wildman–Crippen MR) is 54.1 cm³/mol. The molecule has 0 heterocycles. The molecule has 0 spiro atoms. The first-order chi connectivity index (χ1) is 6.80. The van der Waals surface area contributed by atoms with Crippen LogP contribution in [0, 0.1) is 0 Å². The number of primary amides is 1. The quantitative estimate of drug-likeness (QED) is 0.751. The molecule has 1 aromatic carbocycles. The number of amides is 1. The Hall–Kier alpha value is -1.56. The Morgan fingerprint density at radius 3 is 2.53 bits per heavy atom. The van der Waals surface area contributed by atoms with E-state index < -0.39 is 15.7 Å². The fourth-order valence-electron chi connectivity index (χ4n) is 1.17. The summed E-state index contributed by atoms with van der Waals surface area (Å²) in [7, 11) is -3.49. The lowest BCUT2D eigenvalue weighted by molar-refractivity contribution is -0.117. The van der Waals surface area contributed by atoms with E-state index in [4.69, 9.17) is 5.73 Å². The monoisotopic (exact) mass is 229 g/mol. The van der Waals surface area contributed by atoms with Crippen molar-refractivity contribution in [1.82, 2.24) is 0 Å². The highest BCUT2D eigenvalue weighted by Crippen LogP contribution is 2.23. The lowest BCUT2D eigenvalue weighted by Gasteiger charge is -2.04. The molecule has 0 saturated carbocycles. The third kappa shape index (κ3) is 2.95. The van der Waals surface area contributed by atoms with Crippen molar-refractivity contribution in [2.24, 2.45) is 5.73 Å². The zero-order valence-electron chi connectivity index (χ0n) is 8.10.